The quantitative estimate of drug-likeness (QED) is 0.835. The minimum atomic E-state index is -0.466. The zero-order valence-electron chi connectivity index (χ0n) is 9.83. The number of amides is 1. The summed E-state index contributed by atoms with van der Waals surface area (Å²) in [6.45, 7) is 1.89. The molecule has 0 aliphatic heterocycles. The van der Waals surface area contributed by atoms with Crippen molar-refractivity contribution in [1.29, 1.82) is 5.26 Å². The number of terminal acetylenes is 1. The molecule has 0 radical (unpaired) electrons. The third-order valence-electron chi connectivity index (χ3n) is 2.23. The first-order chi connectivity index (χ1) is 8.58. The van der Waals surface area contributed by atoms with Crippen LogP contribution in [0.1, 0.15) is 12.5 Å². The number of carbonyl (C=O) groups is 1. The zero-order valence-corrected chi connectivity index (χ0v) is 11.4. The van der Waals surface area contributed by atoms with Gasteiger partial charge in [-0.15, -0.1) is 6.42 Å². The Labute approximate surface area is 115 Å². The van der Waals surface area contributed by atoms with Crippen LogP contribution in [0.2, 0.25) is 0 Å². The molecule has 0 aromatic heterocycles. The van der Waals surface area contributed by atoms with Gasteiger partial charge < -0.3 is 10.6 Å². The second kappa shape index (κ2) is 6.68. The Balaban J connectivity index is 2.76. The van der Waals surface area contributed by atoms with Gasteiger partial charge in [0.1, 0.15) is 12.1 Å². The van der Waals surface area contributed by atoms with E-state index in [1.54, 1.807) is 25.1 Å². The van der Waals surface area contributed by atoms with Crippen molar-refractivity contribution in [3.63, 3.8) is 0 Å². The highest BCUT2D eigenvalue weighted by Crippen LogP contribution is 2.20. The fraction of sp³-hybridized carbons (Fsp3) is 0.231. The van der Waals surface area contributed by atoms with Crippen molar-refractivity contribution in [2.75, 3.05) is 11.9 Å². The van der Waals surface area contributed by atoms with Crippen molar-refractivity contribution in [2.24, 2.45) is 0 Å². The third kappa shape index (κ3) is 3.80. The molecule has 1 rings (SSSR count). The van der Waals surface area contributed by atoms with Crippen LogP contribution in [0.15, 0.2) is 22.7 Å². The highest BCUT2D eigenvalue weighted by molar-refractivity contribution is 9.10. The van der Waals surface area contributed by atoms with Gasteiger partial charge in [-0.3, -0.25) is 4.79 Å². The molecule has 1 aromatic carbocycles. The number of nitriles is 1. The Morgan fingerprint density at radius 2 is 2.33 bits per heavy atom. The molecular formula is C13H12BrN3O. The van der Waals surface area contributed by atoms with Gasteiger partial charge in [0.2, 0.25) is 5.91 Å². The van der Waals surface area contributed by atoms with Gasteiger partial charge in [-0.25, -0.2) is 0 Å². The fourth-order valence-electron chi connectivity index (χ4n) is 1.32. The van der Waals surface area contributed by atoms with Crippen LogP contribution < -0.4 is 10.6 Å². The van der Waals surface area contributed by atoms with Crippen LogP contribution in [-0.4, -0.2) is 18.5 Å². The predicted octanol–water partition coefficient (Wildman–Crippen LogP) is 1.87. The maximum absolute atomic E-state index is 11.6. The van der Waals surface area contributed by atoms with E-state index in [1.165, 1.54) is 0 Å². The van der Waals surface area contributed by atoms with Crippen LogP contribution in [0.3, 0.4) is 0 Å². The minimum absolute atomic E-state index is 0.191. The van der Waals surface area contributed by atoms with Crippen molar-refractivity contribution < 1.29 is 4.79 Å². The van der Waals surface area contributed by atoms with Gasteiger partial charge in [-0.2, -0.15) is 5.26 Å². The maximum atomic E-state index is 11.6. The second-order valence-corrected chi connectivity index (χ2v) is 4.51. The lowest BCUT2D eigenvalue weighted by atomic mass is 10.1. The van der Waals surface area contributed by atoms with Crippen molar-refractivity contribution in [2.45, 2.75) is 13.0 Å². The number of nitrogens with zero attached hydrogens (tertiary/aromatic N) is 1. The molecule has 1 amide bonds. The summed E-state index contributed by atoms with van der Waals surface area (Å²) in [5, 5.41) is 14.5. The van der Waals surface area contributed by atoms with Crippen molar-refractivity contribution in [3.05, 3.63) is 28.2 Å². The first-order valence-corrected chi connectivity index (χ1v) is 6.05. The lowest BCUT2D eigenvalue weighted by Gasteiger charge is -2.15. The van der Waals surface area contributed by atoms with E-state index >= 15 is 0 Å². The van der Waals surface area contributed by atoms with E-state index in [-0.39, 0.29) is 12.5 Å². The third-order valence-corrected chi connectivity index (χ3v) is 2.73. The van der Waals surface area contributed by atoms with Crippen LogP contribution in [0.25, 0.3) is 0 Å². The summed E-state index contributed by atoms with van der Waals surface area (Å²) in [7, 11) is 0. The van der Waals surface area contributed by atoms with Crippen LogP contribution in [0.4, 0.5) is 5.69 Å². The van der Waals surface area contributed by atoms with Gasteiger partial charge >= 0.3 is 0 Å². The molecule has 0 spiro atoms. The number of halogens is 1. The number of hydrogen-bond donors (Lipinski definition) is 2. The molecule has 0 heterocycles. The van der Waals surface area contributed by atoms with Crippen LogP contribution in [-0.2, 0) is 4.79 Å². The Morgan fingerprint density at radius 3 is 2.94 bits per heavy atom. The van der Waals surface area contributed by atoms with Gasteiger partial charge in [0.05, 0.1) is 17.8 Å². The number of carbonyl (C=O) groups excluding carboxylic acids is 1. The molecule has 2 N–H and O–H groups in total. The van der Waals surface area contributed by atoms with E-state index in [9.17, 15) is 4.79 Å². The topological polar surface area (TPSA) is 64.9 Å². The van der Waals surface area contributed by atoms with Gasteiger partial charge in [0, 0.05) is 4.47 Å². The number of anilines is 1. The summed E-state index contributed by atoms with van der Waals surface area (Å²) in [6, 6.07) is 6.83. The SMILES string of the molecule is C#CCNC(=O)C(C)Nc1ccc(Br)cc1C#N. The second-order valence-electron chi connectivity index (χ2n) is 3.59. The molecular weight excluding hydrogens is 294 g/mol. The number of hydrogen-bond acceptors (Lipinski definition) is 3. The van der Waals surface area contributed by atoms with Gasteiger partial charge in [0.15, 0.2) is 0 Å². The van der Waals surface area contributed by atoms with E-state index in [1.807, 2.05) is 0 Å². The summed E-state index contributed by atoms with van der Waals surface area (Å²) in [5.41, 5.74) is 1.09. The molecule has 1 aromatic rings. The molecule has 0 saturated carbocycles. The summed E-state index contributed by atoms with van der Waals surface area (Å²) < 4.78 is 0.814. The summed E-state index contributed by atoms with van der Waals surface area (Å²) in [4.78, 5) is 11.6. The van der Waals surface area contributed by atoms with E-state index < -0.39 is 6.04 Å². The Morgan fingerprint density at radius 1 is 1.61 bits per heavy atom. The number of benzene rings is 1. The fourth-order valence-corrected chi connectivity index (χ4v) is 1.69. The predicted molar refractivity (Wildman–Crippen MR) is 73.8 cm³/mol. The molecule has 0 bridgehead atoms. The average Bonchev–Trinajstić information content (AvgIpc) is 2.37. The first-order valence-electron chi connectivity index (χ1n) is 5.26. The molecule has 92 valence electrons. The van der Waals surface area contributed by atoms with Crippen molar-refractivity contribution in [1.82, 2.24) is 5.32 Å². The van der Waals surface area contributed by atoms with Crippen LogP contribution in [0.5, 0.6) is 0 Å². The monoisotopic (exact) mass is 305 g/mol. The Bertz CT molecular complexity index is 528. The molecule has 1 unspecified atom stereocenters. The van der Waals surface area contributed by atoms with Gasteiger partial charge in [0.25, 0.3) is 0 Å². The summed E-state index contributed by atoms with van der Waals surface area (Å²) in [5.74, 6) is 2.12. The van der Waals surface area contributed by atoms with Crippen molar-refractivity contribution in [3.8, 4) is 18.4 Å². The van der Waals surface area contributed by atoms with E-state index in [2.05, 4.69) is 38.6 Å². The smallest absolute Gasteiger partial charge is 0.242 e. The minimum Gasteiger partial charge on any atom is -0.373 e. The number of nitrogens with one attached hydrogen (secondary N) is 2. The molecule has 0 saturated heterocycles. The molecule has 0 aliphatic rings. The highest BCUT2D eigenvalue weighted by atomic mass is 79.9. The molecule has 0 aliphatic carbocycles. The highest BCUT2D eigenvalue weighted by Gasteiger charge is 2.13. The van der Waals surface area contributed by atoms with Crippen molar-refractivity contribution >= 4 is 27.5 Å². The van der Waals surface area contributed by atoms with Gasteiger partial charge in [-0.1, -0.05) is 21.9 Å². The molecule has 5 heteroatoms. The molecule has 4 nitrogen and oxygen atoms in total. The zero-order chi connectivity index (χ0) is 13.5. The van der Waals surface area contributed by atoms with E-state index in [0.29, 0.717) is 11.3 Å². The van der Waals surface area contributed by atoms with E-state index in [4.69, 9.17) is 11.7 Å². The van der Waals surface area contributed by atoms with E-state index in [0.717, 1.165) is 4.47 Å². The Hall–Kier alpha value is -1.98. The standard InChI is InChI=1S/C13H12BrN3O/c1-3-6-16-13(18)9(2)17-12-5-4-11(14)7-10(12)8-15/h1,4-5,7,9,17H,6H2,2H3,(H,16,18). The molecule has 1 atom stereocenters. The van der Waals surface area contributed by atoms with Crippen LogP contribution >= 0.6 is 15.9 Å². The molecule has 18 heavy (non-hydrogen) atoms. The molecule has 0 fully saturated rings. The lowest BCUT2D eigenvalue weighted by molar-refractivity contribution is -0.121. The van der Waals surface area contributed by atoms with Gasteiger partial charge in [-0.05, 0) is 25.1 Å². The number of rotatable bonds is 4. The first kappa shape index (κ1) is 14.1. The maximum Gasteiger partial charge on any atom is 0.242 e. The largest absolute Gasteiger partial charge is 0.373 e. The summed E-state index contributed by atoms with van der Waals surface area (Å²) >= 11 is 3.29. The average molecular weight is 306 g/mol. The lowest BCUT2D eigenvalue weighted by Crippen LogP contribution is -2.37. The van der Waals surface area contributed by atoms with Crippen LogP contribution in [0, 0.1) is 23.7 Å². The normalized spacial score (nSPS) is 10.9. The Kier molecular flexibility index (Phi) is 5.23. The summed E-state index contributed by atoms with van der Waals surface area (Å²) in [6.07, 6.45) is 5.06.